The van der Waals surface area contributed by atoms with E-state index in [-0.39, 0.29) is 17.2 Å². The van der Waals surface area contributed by atoms with Crippen molar-refractivity contribution < 1.29 is 9.53 Å². The molecule has 7 nitrogen and oxygen atoms in total. The van der Waals surface area contributed by atoms with Crippen LogP contribution < -0.4 is 4.74 Å². The van der Waals surface area contributed by atoms with Gasteiger partial charge in [0.1, 0.15) is 16.8 Å². The molecule has 0 spiro atoms. The first-order valence-electron chi connectivity index (χ1n) is 8.78. The number of hydrogen-bond donors (Lipinski definition) is 0. The van der Waals surface area contributed by atoms with E-state index in [1.165, 1.54) is 16.4 Å². The molecule has 26 heavy (non-hydrogen) atoms. The van der Waals surface area contributed by atoms with Crippen LogP contribution in [-0.2, 0) is 0 Å². The van der Waals surface area contributed by atoms with Crippen molar-refractivity contribution in [1.82, 2.24) is 24.6 Å². The van der Waals surface area contributed by atoms with Gasteiger partial charge in [0.2, 0.25) is 0 Å². The number of thioether (sulfide) groups is 1. The molecule has 1 aromatic heterocycles. The van der Waals surface area contributed by atoms with E-state index in [9.17, 15) is 4.79 Å². The summed E-state index contributed by atoms with van der Waals surface area (Å²) in [5.74, 6) is 1.46. The molecule has 0 bridgehead atoms. The van der Waals surface area contributed by atoms with Crippen molar-refractivity contribution in [2.24, 2.45) is 0 Å². The summed E-state index contributed by atoms with van der Waals surface area (Å²) in [6.45, 7) is 5.66. The second-order valence-corrected chi connectivity index (χ2v) is 7.90. The van der Waals surface area contributed by atoms with Gasteiger partial charge >= 0.3 is 0 Å². The molecule has 1 aromatic carbocycles. The Morgan fingerprint density at radius 2 is 2.04 bits per heavy atom. The molecule has 2 aliphatic rings. The van der Waals surface area contributed by atoms with Crippen LogP contribution in [0.25, 0.3) is 0 Å². The van der Waals surface area contributed by atoms with E-state index in [0.717, 1.165) is 37.5 Å². The summed E-state index contributed by atoms with van der Waals surface area (Å²) in [7, 11) is 3.80. The number of aromatic nitrogens is 3. The zero-order valence-electron chi connectivity index (χ0n) is 15.3. The molecule has 1 fully saturated rings. The Hall–Kier alpha value is -1.90. The Labute approximate surface area is 157 Å². The first-order chi connectivity index (χ1) is 12.6. The van der Waals surface area contributed by atoms with Gasteiger partial charge in [-0.1, -0.05) is 23.9 Å². The van der Waals surface area contributed by atoms with Crippen LogP contribution in [0.5, 0.6) is 5.75 Å². The molecule has 2 aliphatic heterocycles. The van der Waals surface area contributed by atoms with Gasteiger partial charge in [-0.15, -0.1) is 5.10 Å². The van der Waals surface area contributed by atoms with E-state index in [2.05, 4.69) is 33.0 Å². The monoisotopic (exact) mass is 373 g/mol. The number of ether oxygens (including phenoxy) is 1. The minimum Gasteiger partial charge on any atom is -0.497 e. The van der Waals surface area contributed by atoms with Gasteiger partial charge in [0.05, 0.1) is 13.2 Å². The molecule has 1 saturated heterocycles. The highest BCUT2D eigenvalue weighted by Crippen LogP contribution is 2.41. The van der Waals surface area contributed by atoms with E-state index in [4.69, 9.17) is 4.74 Å². The predicted molar refractivity (Wildman–Crippen MR) is 99.8 cm³/mol. The van der Waals surface area contributed by atoms with Gasteiger partial charge in [-0.3, -0.25) is 9.69 Å². The van der Waals surface area contributed by atoms with Crippen LogP contribution in [0.3, 0.4) is 0 Å². The molecular formula is C18H23N5O2S. The Morgan fingerprint density at radius 1 is 1.27 bits per heavy atom. The quantitative estimate of drug-likeness (QED) is 0.808. The topological polar surface area (TPSA) is 63.5 Å². The first-order valence-corrected chi connectivity index (χ1v) is 9.66. The van der Waals surface area contributed by atoms with Crippen LogP contribution in [0.15, 0.2) is 29.4 Å². The second kappa shape index (κ2) is 7.02. The summed E-state index contributed by atoms with van der Waals surface area (Å²) >= 11 is 1.52. The molecule has 0 saturated carbocycles. The molecule has 0 amide bonds. The van der Waals surface area contributed by atoms with E-state index < -0.39 is 0 Å². The first kappa shape index (κ1) is 17.5. The highest BCUT2D eigenvalue weighted by molar-refractivity contribution is 8.00. The number of carbonyl (C=O) groups excluding carboxylic acids is 1. The van der Waals surface area contributed by atoms with Gasteiger partial charge < -0.3 is 9.64 Å². The lowest BCUT2D eigenvalue weighted by molar-refractivity contribution is 0.0766. The van der Waals surface area contributed by atoms with Crippen molar-refractivity contribution in [2.75, 3.05) is 40.3 Å². The zero-order valence-corrected chi connectivity index (χ0v) is 16.1. The third-order valence-corrected chi connectivity index (χ3v) is 6.21. The normalized spacial score (nSPS) is 22.4. The second-order valence-electron chi connectivity index (χ2n) is 6.79. The van der Waals surface area contributed by atoms with Gasteiger partial charge in [0, 0.05) is 26.2 Å². The van der Waals surface area contributed by atoms with Gasteiger partial charge in [0.25, 0.3) is 5.91 Å². The molecule has 0 aliphatic carbocycles. The van der Waals surface area contributed by atoms with Crippen LogP contribution >= 0.6 is 11.8 Å². The average molecular weight is 373 g/mol. The Balaban J connectivity index is 1.69. The van der Waals surface area contributed by atoms with Crippen LogP contribution in [0.4, 0.5) is 0 Å². The Kier molecular flexibility index (Phi) is 4.73. The standard InChI is InChI=1S/C18H23N5O2S/c1-12-19-18-23(20-12)17(24)16(26-18)15(22-9-7-21(2)8-10-22)13-5-4-6-14(11-13)25-3/h4-6,11,15-16H,7-10H2,1-3H3. The van der Waals surface area contributed by atoms with Crippen molar-refractivity contribution >= 4 is 17.7 Å². The van der Waals surface area contributed by atoms with Crippen molar-refractivity contribution in [3.8, 4) is 5.75 Å². The molecule has 0 radical (unpaired) electrons. The summed E-state index contributed by atoms with van der Waals surface area (Å²) in [6, 6.07) is 8.02. The van der Waals surface area contributed by atoms with Crippen LogP contribution in [0.2, 0.25) is 0 Å². The Morgan fingerprint density at radius 3 is 2.73 bits per heavy atom. The molecule has 2 atom stereocenters. The maximum absolute atomic E-state index is 13.1. The number of carbonyl (C=O) groups is 1. The Bertz CT molecular complexity index is 816. The smallest absolute Gasteiger partial charge is 0.264 e. The number of piperazine rings is 1. The van der Waals surface area contributed by atoms with Crippen LogP contribution in [0.1, 0.15) is 22.2 Å². The molecular weight excluding hydrogens is 350 g/mol. The number of hydrogen-bond acceptors (Lipinski definition) is 7. The van der Waals surface area contributed by atoms with Gasteiger partial charge in [-0.25, -0.2) is 4.98 Å². The predicted octanol–water partition coefficient (Wildman–Crippen LogP) is 1.70. The van der Waals surface area contributed by atoms with Crippen molar-refractivity contribution in [1.29, 1.82) is 0 Å². The fourth-order valence-corrected chi connectivity index (χ4v) is 4.90. The number of fused-ring (bicyclic) bond motifs is 1. The summed E-state index contributed by atoms with van der Waals surface area (Å²) in [4.78, 5) is 22.2. The van der Waals surface area contributed by atoms with Crippen molar-refractivity contribution in [3.05, 3.63) is 35.7 Å². The van der Waals surface area contributed by atoms with Crippen molar-refractivity contribution in [2.45, 2.75) is 23.4 Å². The summed E-state index contributed by atoms with van der Waals surface area (Å²) in [5, 5.41) is 4.72. The SMILES string of the molecule is COc1cccc(C(C2Sc3nc(C)nn3C2=O)N2CCN(C)CC2)c1. The molecule has 138 valence electrons. The largest absolute Gasteiger partial charge is 0.497 e. The van der Waals surface area contributed by atoms with E-state index in [1.807, 2.05) is 25.1 Å². The van der Waals surface area contributed by atoms with E-state index in [1.54, 1.807) is 7.11 Å². The van der Waals surface area contributed by atoms with Gasteiger partial charge in [-0.05, 0) is 31.7 Å². The highest BCUT2D eigenvalue weighted by Gasteiger charge is 2.43. The molecule has 0 N–H and O–H groups in total. The zero-order chi connectivity index (χ0) is 18.3. The number of nitrogens with zero attached hydrogens (tertiary/aromatic N) is 5. The number of methoxy groups -OCH3 is 1. The minimum atomic E-state index is -0.249. The fraction of sp³-hybridized carbons (Fsp3) is 0.500. The van der Waals surface area contributed by atoms with Crippen molar-refractivity contribution in [3.63, 3.8) is 0 Å². The lowest BCUT2D eigenvalue weighted by Gasteiger charge is -2.39. The molecule has 2 unspecified atom stereocenters. The van der Waals surface area contributed by atoms with E-state index in [0.29, 0.717) is 11.0 Å². The minimum absolute atomic E-state index is 0.0114. The maximum Gasteiger partial charge on any atom is 0.264 e. The third-order valence-electron chi connectivity index (χ3n) is 5.02. The van der Waals surface area contributed by atoms with Crippen LogP contribution in [-0.4, -0.2) is 76.1 Å². The lowest BCUT2D eigenvalue weighted by atomic mass is 9.99. The van der Waals surface area contributed by atoms with Gasteiger partial charge in [0.15, 0.2) is 5.16 Å². The molecule has 4 rings (SSSR count). The van der Waals surface area contributed by atoms with E-state index >= 15 is 0 Å². The third kappa shape index (κ3) is 3.13. The highest BCUT2D eigenvalue weighted by atomic mass is 32.2. The summed E-state index contributed by atoms with van der Waals surface area (Å²) < 4.78 is 6.88. The molecule has 8 heteroatoms. The number of benzene rings is 1. The summed E-state index contributed by atoms with van der Waals surface area (Å²) in [5.41, 5.74) is 1.10. The lowest BCUT2D eigenvalue weighted by Crippen LogP contribution is -2.49. The van der Waals surface area contributed by atoms with Crippen LogP contribution in [0, 0.1) is 6.92 Å². The maximum atomic E-state index is 13.1. The number of likely N-dealkylation sites (N-methyl/N-ethyl adjacent to an activating group) is 1. The number of aryl methyl sites for hydroxylation is 1. The molecule has 3 heterocycles. The summed E-state index contributed by atoms with van der Waals surface area (Å²) in [6.07, 6.45) is 0. The fourth-order valence-electron chi connectivity index (χ4n) is 3.60. The molecule has 2 aromatic rings. The number of rotatable bonds is 4. The average Bonchev–Trinajstić information content (AvgIpc) is 3.15. The van der Waals surface area contributed by atoms with Gasteiger partial charge in [-0.2, -0.15) is 4.68 Å².